The molecule has 3 rings (SSSR count). The number of carbonyl (C=O) groups is 1. The molecule has 0 atom stereocenters. The van der Waals surface area contributed by atoms with Crippen LogP contribution in [0.4, 0.5) is 0 Å². The molecule has 0 aliphatic rings. The summed E-state index contributed by atoms with van der Waals surface area (Å²) in [5.74, 6) is 0.681. The summed E-state index contributed by atoms with van der Waals surface area (Å²) in [4.78, 5) is 25.3. The topological polar surface area (TPSA) is 73.2 Å². The van der Waals surface area contributed by atoms with Gasteiger partial charge in [0.25, 0.3) is 11.5 Å². The highest BCUT2D eigenvalue weighted by atomic mass is 16.5. The van der Waals surface area contributed by atoms with E-state index in [0.29, 0.717) is 30.5 Å². The first-order valence-corrected chi connectivity index (χ1v) is 9.43. The van der Waals surface area contributed by atoms with E-state index in [1.807, 2.05) is 45.0 Å². The third-order valence-corrected chi connectivity index (χ3v) is 4.30. The van der Waals surface area contributed by atoms with Crippen molar-refractivity contribution in [1.29, 1.82) is 0 Å². The Bertz CT molecular complexity index is 1020. The maximum atomic E-state index is 12.7. The number of benzene rings is 2. The van der Waals surface area contributed by atoms with E-state index in [1.54, 1.807) is 24.3 Å². The molecule has 0 aliphatic heterocycles. The molecular formula is C22H25N3O3. The minimum Gasteiger partial charge on any atom is -0.492 e. The molecule has 1 amide bonds. The van der Waals surface area contributed by atoms with Crippen molar-refractivity contribution in [2.45, 2.75) is 27.3 Å². The van der Waals surface area contributed by atoms with E-state index in [4.69, 9.17) is 4.74 Å². The van der Waals surface area contributed by atoms with Crippen molar-refractivity contribution in [3.05, 3.63) is 70.1 Å². The van der Waals surface area contributed by atoms with E-state index < -0.39 is 0 Å². The van der Waals surface area contributed by atoms with Gasteiger partial charge in [-0.15, -0.1) is 0 Å². The first-order valence-electron chi connectivity index (χ1n) is 9.43. The second-order valence-corrected chi connectivity index (χ2v) is 7.19. The van der Waals surface area contributed by atoms with Crippen molar-refractivity contribution in [3.63, 3.8) is 0 Å². The average molecular weight is 379 g/mol. The Morgan fingerprint density at radius 3 is 2.46 bits per heavy atom. The number of aryl methyl sites for hydroxylation is 1. The third-order valence-electron chi connectivity index (χ3n) is 4.30. The predicted molar refractivity (Wildman–Crippen MR) is 110 cm³/mol. The van der Waals surface area contributed by atoms with Crippen LogP contribution in [0, 0.1) is 12.8 Å². The monoisotopic (exact) mass is 379 g/mol. The summed E-state index contributed by atoms with van der Waals surface area (Å²) in [6.45, 7) is 7.17. The van der Waals surface area contributed by atoms with Gasteiger partial charge in [0.1, 0.15) is 12.4 Å². The molecule has 0 unspecified atom stereocenters. The van der Waals surface area contributed by atoms with E-state index in [-0.39, 0.29) is 23.1 Å². The van der Waals surface area contributed by atoms with Crippen LogP contribution in [0.15, 0.2) is 53.3 Å². The number of carbonyl (C=O) groups excluding carboxylic acids is 1. The van der Waals surface area contributed by atoms with Crippen LogP contribution in [-0.4, -0.2) is 28.8 Å². The van der Waals surface area contributed by atoms with Gasteiger partial charge in [-0.3, -0.25) is 9.59 Å². The molecule has 0 fully saturated rings. The van der Waals surface area contributed by atoms with Gasteiger partial charge in [0, 0.05) is 11.9 Å². The fourth-order valence-electron chi connectivity index (χ4n) is 2.92. The van der Waals surface area contributed by atoms with Crippen LogP contribution in [0.25, 0.3) is 10.8 Å². The van der Waals surface area contributed by atoms with Crippen LogP contribution in [0.1, 0.15) is 29.9 Å². The quantitative estimate of drug-likeness (QED) is 0.640. The smallest absolute Gasteiger partial charge is 0.274 e. The molecule has 1 N–H and O–H groups in total. The van der Waals surface area contributed by atoms with Gasteiger partial charge in [-0.25, -0.2) is 4.68 Å². The zero-order valence-corrected chi connectivity index (χ0v) is 16.4. The molecule has 6 heteroatoms. The summed E-state index contributed by atoms with van der Waals surface area (Å²) >= 11 is 0. The molecule has 2 aromatic carbocycles. The highest BCUT2D eigenvalue weighted by Gasteiger charge is 2.16. The molecule has 1 aromatic heterocycles. The number of hydrogen-bond acceptors (Lipinski definition) is 4. The van der Waals surface area contributed by atoms with Gasteiger partial charge >= 0.3 is 0 Å². The van der Waals surface area contributed by atoms with Gasteiger partial charge in [-0.2, -0.15) is 5.10 Å². The minimum absolute atomic E-state index is 0.177. The molecule has 0 saturated carbocycles. The summed E-state index contributed by atoms with van der Waals surface area (Å²) in [5, 5.41) is 8.23. The van der Waals surface area contributed by atoms with E-state index in [0.717, 1.165) is 11.3 Å². The SMILES string of the molecule is Cc1ccc(OCCNC(=O)c2nn(CC(C)C)c(=O)c3ccccc23)cc1. The summed E-state index contributed by atoms with van der Waals surface area (Å²) in [7, 11) is 0. The molecule has 3 aromatic rings. The number of rotatable bonds is 7. The lowest BCUT2D eigenvalue weighted by Crippen LogP contribution is -2.33. The fourth-order valence-corrected chi connectivity index (χ4v) is 2.92. The normalized spacial score (nSPS) is 11.0. The number of nitrogens with zero attached hydrogens (tertiary/aromatic N) is 2. The van der Waals surface area contributed by atoms with Gasteiger partial charge < -0.3 is 10.1 Å². The highest BCUT2D eigenvalue weighted by molar-refractivity contribution is 6.04. The maximum absolute atomic E-state index is 12.7. The number of hydrogen-bond donors (Lipinski definition) is 1. The molecule has 0 saturated heterocycles. The van der Waals surface area contributed by atoms with Crippen LogP contribution < -0.4 is 15.6 Å². The number of aromatic nitrogens is 2. The summed E-state index contributed by atoms with van der Waals surface area (Å²) in [5.41, 5.74) is 1.24. The molecule has 0 radical (unpaired) electrons. The van der Waals surface area contributed by atoms with Gasteiger partial charge in [-0.05, 0) is 31.0 Å². The fraction of sp³-hybridized carbons (Fsp3) is 0.318. The Morgan fingerprint density at radius 1 is 1.11 bits per heavy atom. The Kier molecular flexibility index (Phi) is 6.09. The predicted octanol–water partition coefficient (Wildman–Crippen LogP) is 3.17. The Balaban J connectivity index is 1.74. The summed E-state index contributed by atoms with van der Waals surface area (Å²) in [6, 6.07) is 14.8. The number of fused-ring (bicyclic) bond motifs is 1. The number of ether oxygens (including phenoxy) is 1. The lowest BCUT2D eigenvalue weighted by Gasteiger charge is -2.13. The molecule has 0 spiro atoms. The van der Waals surface area contributed by atoms with Gasteiger partial charge in [-0.1, -0.05) is 49.7 Å². The summed E-state index contributed by atoms with van der Waals surface area (Å²) < 4.78 is 7.02. The zero-order valence-electron chi connectivity index (χ0n) is 16.4. The molecule has 28 heavy (non-hydrogen) atoms. The van der Waals surface area contributed by atoms with E-state index >= 15 is 0 Å². The zero-order chi connectivity index (χ0) is 20.1. The van der Waals surface area contributed by atoms with E-state index in [1.165, 1.54) is 4.68 Å². The molecule has 146 valence electrons. The third kappa shape index (κ3) is 4.57. The standard InChI is InChI=1S/C22H25N3O3/c1-15(2)14-25-22(27)19-7-5-4-6-18(19)20(24-25)21(26)23-12-13-28-17-10-8-16(3)9-11-17/h4-11,15H,12-14H2,1-3H3,(H,23,26). The van der Waals surface area contributed by atoms with Gasteiger partial charge in [0.05, 0.1) is 11.9 Å². The van der Waals surface area contributed by atoms with Crippen molar-refractivity contribution in [1.82, 2.24) is 15.1 Å². The number of amides is 1. The van der Waals surface area contributed by atoms with Crippen LogP contribution in [0.2, 0.25) is 0 Å². The Labute approximate surface area is 164 Å². The van der Waals surface area contributed by atoms with Crippen LogP contribution >= 0.6 is 0 Å². The van der Waals surface area contributed by atoms with Gasteiger partial charge in [0.2, 0.25) is 0 Å². The number of nitrogens with one attached hydrogen (secondary N) is 1. The van der Waals surface area contributed by atoms with Crippen molar-refractivity contribution >= 4 is 16.7 Å². The highest BCUT2D eigenvalue weighted by Crippen LogP contribution is 2.14. The van der Waals surface area contributed by atoms with Gasteiger partial charge in [0.15, 0.2) is 5.69 Å². The summed E-state index contributed by atoms with van der Waals surface area (Å²) in [6.07, 6.45) is 0. The van der Waals surface area contributed by atoms with Crippen molar-refractivity contribution < 1.29 is 9.53 Å². The van der Waals surface area contributed by atoms with E-state index in [2.05, 4.69) is 10.4 Å². The minimum atomic E-state index is -0.318. The van der Waals surface area contributed by atoms with Crippen LogP contribution in [-0.2, 0) is 6.54 Å². The van der Waals surface area contributed by atoms with Crippen molar-refractivity contribution in [2.24, 2.45) is 5.92 Å². The van der Waals surface area contributed by atoms with Crippen molar-refractivity contribution in [3.8, 4) is 5.75 Å². The largest absolute Gasteiger partial charge is 0.492 e. The second kappa shape index (κ2) is 8.69. The molecule has 6 nitrogen and oxygen atoms in total. The molecule has 1 heterocycles. The first-order chi connectivity index (χ1) is 13.5. The van der Waals surface area contributed by atoms with Crippen LogP contribution in [0.5, 0.6) is 5.75 Å². The maximum Gasteiger partial charge on any atom is 0.274 e. The second-order valence-electron chi connectivity index (χ2n) is 7.19. The molecule has 0 aliphatic carbocycles. The average Bonchev–Trinajstić information content (AvgIpc) is 2.68. The lowest BCUT2D eigenvalue weighted by atomic mass is 10.1. The Morgan fingerprint density at radius 2 is 1.79 bits per heavy atom. The van der Waals surface area contributed by atoms with E-state index in [9.17, 15) is 9.59 Å². The lowest BCUT2D eigenvalue weighted by molar-refractivity contribution is 0.0941. The molecule has 0 bridgehead atoms. The van der Waals surface area contributed by atoms with Crippen LogP contribution in [0.3, 0.4) is 0 Å². The van der Waals surface area contributed by atoms with Crippen molar-refractivity contribution in [2.75, 3.05) is 13.2 Å². The molecular weight excluding hydrogens is 354 g/mol. The Hall–Kier alpha value is -3.15. The first kappa shape index (κ1) is 19.6.